The summed E-state index contributed by atoms with van der Waals surface area (Å²) in [6.45, 7) is 2.07. The lowest BCUT2D eigenvalue weighted by Gasteiger charge is -2.08. The maximum absolute atomic E-state index is 11.5. The lowest BCUT2D eigenvalue weighted by Crippen LogP contribution is -1.94. The van der Waals surface area contributed by atoms with Gasteiger partial charge in [-0.2, -0.15) is 0 Å². The van der Waals surface area contributed by atoms with Crippen LogP contribution in [0.1, 0.15) is 12.5 Å². The number of benzene rings is 2. The number of nitrogens with zero attached hydrogens (tertiary/aromatic N) is 2. The number of rotatable bonds is 4. The van der Waals surface area contributed by atoms with Crippen LogP contribution in [0.2, 0.25) is 0 Å². The summed E-state index contributed by atoms with van der Waals surface area (Å²) < 4.78 is 0. The molecule has 1 heterocycles. The fourth-order valence-corrected chi connectivity index (χ4v) is 3.45. The molecule has 3 rings (SSSR count). The fourth-order valence-electron chi connectivity index (χ4n) is 2.33. The van der Waals surface area contributed by atoms with E-state index in [-0.39, 0.29) is 10.6 Å². The normalized spacial score (nSPS) is 10.8. The van der Waals surface area contributed by atoms with E-state index in [2.05, 4.69) is 18.0 Å². The molecule has 4 nitrogen and oxygen atoms in total. The van der Waals surface area contributed by atoms with Crippen LogP contribution in [0.15, 0.2) is 58.5 Å². The summed E-state index contributed by atoms with van der Waals surface area (Å²) in [5.41, 5.74) is 1.79. The molecule has 0 amide bonds. The lowest BCUT2D eigenvalue weighted by molar-refractivity contribution is -0.385. The highest BCUT2D eigenvalue weighted by Gasteiger charge is 2.20. The Bertz CT molecular complexity index is 849. The SMILES string of the molecule is CCc1ccccc1Sc1c[c]c2ncccc2c1[N+](=O)[O-]. The van der Waals surface area contributed by atoms with Crippen LogP contribution in [-0.2, 0) is 6.42 Å². The van der Waals surface area contributed by atoms with Gasteiger partial charge in [0.2, 0.25) is 0 Å². The fraction of sp³-hybridized carbons (Fsp3) is 0.118. The number of fused-ring (bicyclic) bond motifs is 1. The molecule has 0 saturated carbocycles. The Morgan fingerprint density at radius 1 is 1.23 bits per heavy atom. The smallest absolute Gasteiger partial charge is 0.258 e. The van der Waals surface area contributed by atoms with E-state index >= 15 is 0 Å². The van der Waals surface area contributed by atoms with Crippen molar-refractivity contribution in [2.45, 2.75) is 23.1 Å². The maximum Gasteiger partial charge on any atom is 0.292 e. The molecule has 0 aliphatic heterocycles. The van der Waals surface area contributed by atoms with Crippen LogP contribution < -0.4 is 0 Å². The van der Waals surface area contributed by atoms with Gasteiger partial charge in [-0.25, -0.2) is 0 Å². The third kappa shape index (κ3) is 2.67. The van der Waals surface area contributed by atoms with Gasteiger partial charge in [-0.15, -0.1) is 0 Å². The number of nitro benzene ring substituents is 1. The van der Waals surface area contributed by atoms with Gasteiger partial charge in [-0.3, -0.25) is 15.1 Å². The van der Waals surface area contributed by atoms with E-state index in [9.17, 15) is 10.1 Å². The van der Waals surface area contributed by atoms with Gasteiger partial charge in [0.15, 0.2) is 0 Å². The van der Waals surface area contributed by atoms with Crippen LogP contribution in [0.4, 0.5) is 5.69 Å². The molecule has 109 valence electrons. The molecule has 0 aliphatic carbocycles. The van der Waals surface area contributed by atoms with E-state index in [1.807, 2.05) is 24.3 Å². The first-order valence-corrected chi connectivity index (χ1v) is 7.72. The molecular weight excluding hydrogens is 296 g/mol. The van der Waals surface area contributed by atoms with Gasteiger partial charge in [0.1, 0.15) is 0 Å². The monoisotopic (exact) mass is 309 g/mol. The van der Waals surface area contributed by atoms with Crippen molar-refractivity contribution in [3.63, 3.8) is 0 Å². The first kappa shape index (κ1) is 14.5. The molecule has 0 spiro atoms. The Kier molecular flexibility index (Phi) is 4.06. The maximum atomic E-state index is 11.5. The molecule has 3 aromatic rings. The predicted molar refractivity (Wildman–Crippen MR) is 87.2 cm³/mol. The Morgan fingerprint density at radius 3 is 2.82 bits per heavy atom. The highest BCUT2D eigenvalue weighted by Crippen LogP contribution is 2.39. The lowest BCUT2D eigenvalue weighted by atomic mass is 10.2. The Labute approximate surface area is 132 Å². The van der Waals surface area contributed by atoms with Crippen molar-refractivity contribution in [2.75, 3.05) is 0 Å². The Balaban J connectivity index is 2.14. The molecule has 1 radical (unpaired) electrons. The molecular formula is C17H13N2O2S. The standard InChI is InChI=1S/C17H13N2O2S/c1-2-12-6-3-4-8-15(12)22-16-10-9-14-13(7-5-11-18-14)17(16)19(20)21/h3-8,10-11H,2H2,1H3. The van der Waals surface area contributed by atoms with Gasteiger partial charge in [0.25, 0.3) is 5.69 Å². The minimum Gasteiger partial charge on any atom is -0.258 e. The molecule has 0 fully saturated rings. The Morgan fingerprint density at radius 2 is 2.05 bits per heavy atom. The molecule has 0 saturated heterocycles. The van der Waals surface area contributed by atoms with Crippen molar-refractivity contribution in [1.29, 1.82) is 0 Å². The third-order valence-electron chi connectivity index (χ3n) is 3.39. The van der Waals surface area contributed by atoms with Crippen molar-refractivity contribution in [3.8, 4) is 0 Å². The second-order valence-electron chi connectivity index (χ2n) is 4.72. The van der Waals surface area contributed by atoms with E-state index in [0.717, 1.165) is 11.3 Å². The molecule has 0 atom stereocenters. The van der Waals surface area contributed by atoms with Crippen LogP contribution in [0.3, 0.4) is 0 Å². The van der Waals surface area contributed by atoms with Crippen LogP contribution in [0.5, 0.6) is 0 Å². The molecule has 2 aromatic carbocycles. The average Bonchev–Trinajstić information content (AvgIpc) is 2.54. The molecule has 1 aromatic heterocycles. The number of aryl methyl sites for hydroxylation is 1. The van der Waals surface area contributed by atoms with Crippen molar-refractivity contribution in [3.05, 3.63) is 70.4 Å². The zero-order chi connectivity index (χ0) is 15.5. The van der Waals surface area contributed by atoms with E-state index in [0.29, 0.717) is 15.8 Å². The first-order chi connectivity index (χ1) is 10.7. The van der Waals surface area contributed by atoms with Crippen molar-refractivity contribution < 1.29 is 4.92 Å². The van der Waals surface area contributed by atoms with Gasteiger partial charge < -0.3 is 0 Å². The number of aromatic nitrogens is 1. The molecule has 0 unspecified atom stereocenters. The molecule has 5 heteroatoms. The van der Waals surface area contributed by atoms with E-state index in [4.69, 9.17) is 0 Å². The summed E-state index contributed by atoms with van der Waals surface area (Å²) in [5, 5.41) is 12.1. The number of hydrogen-bond acceptors (Lipinski definition) is 4. The number of nitro groups is 1. The van der Waals surface area contributed by atoms with E-state index in [1.54, 1.807) is 24.4 Å². The number of pyridine rings is 1. The van der Waals surface area contributed by atoms with Crippen molar-refractivity contribution >= 4 is 28.4 Å². The summed E-state index contributed by atoms with van der Waals surface area (Å²) >= 11 is 1.41. The minimum absolute atomic E-state index is 0.0951. The summed E-state index contributed by atoms with van der Waals surface area (Å²) in [6, 6.07) is 16.1. The zero-order valence-corrected chi connectivity index (χ0v) is 12.8. The van der Waals surface area contributed by atoms with E-state index < -0.39 is 0 Å². The second-order valence-corrected chi connectivity index (χ2v) is 5.81. The zero-order valence-electron chi connectivity index (χ0n) is 11.9. The molecule has 0 aliphatic rings. The van der Waals surface area contributed by atoms with Gasteiger partial charge >= 0.3 is 0 Å². The predicted octanol–water partition coefficient (Wildman–Crippen LogP) is 4.66. The first-order valence-electron chi connectivity index (χ1n) is 6.90. The Hall–Kier alpha value is -2.40. The largest absolute Gasteiger partial charge is 0.292 e. The van der Waals surface area contributed by atoms with E-state index in [1.165, 1.54) is 17.3 Å². The highest BCUT2D eigenvalue weighted by atomic mass is 32.2. The molecule has 22 heavy (non-hydrogen) atoms. The summed E-state index contributed by atoms with van der Waals surface area (Å²) in [7, 11) is 0. The topological polar surface area (TPSA) is 56.0 Å². The molecule has 0 bridgehead atoms. The molecule has 0 N–H and O–H groups in total. The van der Waals surface area contributed by atoms with Gasteiger partial charge in [-0.1, -0.05) is 36.9 Å². The van der Waals surface area contributed by atoms with Crippen molar-refractivity contribution in [2.24, 2.45) is 0 Å². The average molecular weight is 309 g/mol. The highest BCUT2D eigenvalue weighted by molar-refractivity contribution is 7.99. The van der Waals surface area contributed by atoms with Crippen LogP contribution in [0, 0.1) is 16.2 Å². The van der Waals surface area contributed by atoms with Crippen LogP contribution in [0.25, 0.3) is 10.9 Å². The van der Waals surface area contributed by atoms with Gasteiger partial charge in [0, 0.05) is 17.2 Å². The number of hydrogen-bond donors (Lipinski definition) is 0. The van der Waals surface area contributed by atoms with Gasteiger partial charge in [0.05, 0.1) is 20.7 Å². The minimum atomic E-state index is -0.339. The van der Waals surface area contributed by atoms with Crippen LogP contribution in [-0.4, -0.2) is 9.91 Å². The van der Waals surface area contributed by atoms with Crippen molar-refractivity contribution in [1.82, 2.24) is 4.98 Å². The summed E-state index contributed by atoms with van der Waals surface area (Å²) in [4.78, 5) is 17.0. The summed E-state index contributed by atoms with van der Waals surface area (Å²) in [6.07, 6.45) is 2.50. The van der Waals surface area contributed by atoms with Crippen LogP contribution >= 0.6 is 11.8 Å². The van der Waals surface area contributed by atoms with Gasteiger partial charge in [-0.05, 0) is 36.2 Å². The second kappa shape index (κ2) is 6.15. The summed E-state index contributed by atoms with van der Waals surface area (Å²) in [5.74, 6) is 0. The quantitative estimate of drug-likeness (QED) is 0.519. The third-order valence-corrected chi connectivity index (χ3v) is 4.54.